The van der Waals surface area contributed by atoms with Crippen molar-refractivity contribution in [2.75, 3.05) is 27.3 Å². The lowest BCUT2D eigenvalue weighted by atomic mass is 10.1. The Morgan fingerprint density at radius 2 is 1.82 bits per heavy atom. The van der Waals surface area contributed by atoms with Crippen LogP contribution >= 0.6 is 0 Å². The average molecular weight is 385 g/mol. The zero-order valence-electron chi connectivity index (χ0n) is 15.9. The Bertz CT molecular complexity index is 848. The lowest BCUT2D eigenvalue weighted by Crippen LogP contribution is -2.44. The quantitative estimate of drug-likeness (QED) is 0.814. The summed E-state index contributed by atoms with van der Waals surface area (Å²) in [7, 11) is 3.09. The van der Waals surface area contributed by atoms with E-state index in [0.717, 1.165) is 12.8 Å². The van der Waals surface area contributed by atoms with Crippen molar-refractivity contribution >= 4 is 11.8 Å². The Morgan fingerprint density at radius 3 is 2.46 bits per heavy atom. The number of hydrogen-bond donors (Lipinski definition) is 1. The minimum absolute atomic E-state index is 0.113. The van der Waals surface area contributed by atoms with Crippen molar-refractivity contribution in [1.82, 2.24) is 9.88 Å². The number of piperidine rings is 1. The summed E-state index contributed by atoms with van der Waals surface area (Å²) in [5.74, 6) is 0.897. The summed E-state index contributed by atoms with van der Waals surface area (Å²) in [5.41, 5.74) is 5.90. The fourth-order valence-corrected chi connectivity index (χ4v) is 3.14. The molecule has 1 aliphatic heterocycles. The second-order valence-corrected chi connectivity index (χ2v) is 6.48. The summed E-state index contributed by atoms with van der Waals surface area (Å²) in [6.45, 7) is 1.08. The van der Waals surface area contributed by atoms with E-state index in [9.17, 15) is 9.59 Å². The molecule has 2 heterocycles. The summed E-state index contributed by atoms with van der Waals surface area (Å²) < 4.78 is 16.5. The van der Waals surface area contributed by atoms with Gasteiger partial charge in [0.25, 0.3) is 11.8 Å². The Hall–Kier alpha value is -3.29. The number of hydrogen-bond acceptors (Lipinski definition) is 6. The maximum Gasteiger partial charge on any atom is 0.267 e. The molecule has 1 atom stereocenters. The zero-order valence-corrected chi connectivity index (χ0v) is 15.9. The molecule has 148 valence electrons. The summed E-state index contributed by atoms with van der Waals surface area (Å²) in [6, 6.07) is 8.28. The van der Waals surface area contributed by atoms with E-state index in [1.165, 1.54) is 12.3 Å². The third-order valence-corrected chi connectivity index (χ3v) is 4.55. The number of ether oxygens (including phenoxy) is 3. The predicted molar refractivity (Wildman–Crippen MR) is 102 cm³/mol. The van der Waals surface area contributed by atoms with E-state index in [1.807, 2.05) is 0 Å². The van der Waals surface area contributed by atoms with Gasteiger partial charge in [0.15, 0.2) is 0 Å². The molecule has 0 radical (unpaired) electrons. The third kappa shape index (κ3) is 4.51. The van der Waals surface area contributed by atoms with Crippen molar-refractivity contribution < 1.29 is 23.8 Å². The Morgan fingerprint density at radius 1 is 1.11 bits per heavy atom. The molecule has 0 bridgehead atoms. The smallest absolute Gasteiger partial charge is 0.267 e. The van der Waals surface area contributed by atoms with Gasteiger partial charge in [0.05, 0.1) is 20.8 Å². The van der Waals surface area contributed by atoms with Crippen molar-refractivity contribution in [2.45, 2.75) is 18.9 Å². The fourth-order valence-electron chi connectivity index (χ4n) is 3.14. The second kappa shape index (κ2) is 8.60. The van der Waals surface area contributed by atoms with Crippen LogP contribution in [0.25, 0.3) is 0 Å². The molecule has 1 saturated heterocycles. The molecule has 3 rings (SSSR count). The Labute approximate surface area is 163 Å². The van der Waals surface area contributed by atoms with E-state index in [4.69, 9.17) is 19.9 Å². The monoisotopic (exact) mass is 385 g/mol. The summed E-state index contributed by atoms with van der Waals surface area (Å²) >= 11 is 0. The van der Waals surface area contributed by atoms with E-state index in [-0.39, 0.29) is 17.7 Å². The average Bonchev–Trinajstić information content (AvgIpc) is 2.73. The highest BCUT2D eigenvalue weighted by molar-refractivity contribution is 5.95. The van der Waals surface area contributed by atoms with E-state index >= 15 is 0 Å². The van der Waals surface area contributed by atoms with Gasteiger partial charge in [-0.25, -0.2) is 0 Å². The van der Waals surface area contributed by atoms with Crippen molar-refractivity contribution in [3.05, 3.63) is 47.8 Å². The molecule has 8 heteroatoms. The van der Waals surface area contributed by atoms with Gasteiger partial charge in [-0.05, 0) is 31.0 Å². The molecule has 0 spiro atoms. The van der Waals surface area contributed by atoms with Crippen LogP contribution in [-0.4, -0.2) is 55.1 Å². The molecular formula is C20H23N3O5. The normalized spacial score (nSPS) is 16.4. The number of methoxy groups -OCH3 is 2. The van der Waals surface area contributed by atoms with Crippen LogP contribution in [0.15, 0.2) is 36.5 Å². The molecule has 8 nitrogen and oxygen atoms in total. The lowest BCUT2D eigenvalue weighted by molar-refractivity contribution is 0.0537. The molecule has 1 aromatic carbocycles. The highest BCUT2D eigenvalue weighted by Crippen LogP contribution is 2.25. The maximum atomic E-state index is 13.0. The maximum absolute atomic E-state index is 13.0. The second-order valence-electron chi connectivity index (χ2n) is 6.48. The van der Waals surface area contributed by atoms with Gasteiger partial charge in [-0.15, -0.1) is 0 Å². The zero-order chi connectivity index (χ0) is 20.1. The first kappa shape index (κ1) is 19.5. The first-order valence-corrected chi connectivity index (χ1v) is 8.95. The van der Waals surface area contributed by atoms with Gasteiger partial charge in [-0.2, -0.15) is 0 Å². The number of carbonyl (C=O) groups is 2. The highest BCUT2D eigenvalue weighted by Gasteiger charge is 2.26. The van der Waals surface area contributed by atoms with Crippen LogP contribution < -0.4 is 19.9 Å². The molecule has 1 unspecified atom stereocenters. The standard InChI is InChI=1S/C20H23N3O5/c1-26-16-8-13(9-17(10-16)27-2)20(25)23-7-3-4-15(12-23)28-14-5-6-22-18(11-14)19(21)24/h5-6,8-11,15H,3-4,7,12H2,1-2H3,(H2,21,24). The largest absolute Gasteiger partial charge is 0.497 e. The van der Waals surface area contributed by atoms with Gasteiger partial charge < -0.3 is 24.8 Å². The molecule has 2 aromatic rings. The first-order chi connectivity index (χ1) is 13.5. The van der Waals surface area contributed by atoms with Crippen LogP contribution in [0.3, 0.4) is 0 Å². The lowest BCUT2D eigenvalue weighted by Gasteiger charge is -2.33. The van der Waals surface area contributed by atoms with Gasteiger partial charge >= 0.3 is 0 Å². The van der Waals surface area contributed by atoms with Crippen LogP contribution in [0.2, 0.25) is 0 Å². The Kier molecular flexibility index (Phi) is 5.98. The molecule has 2 N–H and O–H groups in total. The summed E-state index contributed by atoms with van der Waals surface area (Å²) in [4.78, 5) is 29.9. The van der Waals surface area contributed by atoms with Crippen LogP contribution in [0, 0.1) is 0 Å². The molecule has 1 fully saturated rings. The summed E-state index contributed by atoms with van der Waals surface area (Å²) in [5, 5.41) is 0. The van der Waals surface area contributed by atoms with Crippen molar-refractivity contribution in [1.29, 1.82) is 0 Å². The van der Waals surface area contributed by atoms with Gasteiger partial charge in [-0.3, -0.25) is 14.6 Å². The van der Waals surface area contributed by atoms with E-state index in [0.29, 0.717) is 35.9 Å². The van der Waals surface area contributed by atoms with Crippen LogP contribution in [0.4, 0.5) is 0 Å². The number of aromatic nitrogens is 1. The van der Waals surface area contributed by atoms with Crippen LogP contribution in [-0.2, 0) is 0 Å². The number of amides is 2. The fraction of sp³-hybridized carbons (Fsp3) is 0.350. The SMILES string of the molecule is COc1cc(OC)cc(C(=O)N2CCCC(Oc3ccnc(C(N)=O)c3)C2)c1. The van der Waals surface area contributed by atoms with Gasteiger partial charge in [-0.1, -0.05) is 0 Å². The number of nitrogens with zero attached hydrogens (tertiary/aromatic N) is 2. The molecule has 0 aliphatic carbocycles. The van der Waals surface area contributed by atoms with Gasteiger partial charge in [0, 0.05) is 30.4 Å². The molecule has 2 amide bonds. The number of primary amides is 1. The van der Waals surface area contributed by atoms with Crippen LogP contribution in [0.5, 0.6) is 17.2 Å². The van der Waals surface area contributed by atoms with Gasteiger partial charge in [0.1, 0.15) is 29.0 Å². The minimum atomic E-state index is -0.613. The van der Waals surface area contributed by atoms with Crippen molar-refractivity contribution in [3.8, 4) is 17.2 Å². The Balaban J connectivity index is 1.72. The summed E-state index contributed by atoms with van der Waals surface area (Å²) in [6.07, 6.45) is 2.90. The number of benzene rings is 1. The number of rotatable bonds is 6. The van der Waals surface area contributed by atoms with Crippen molar-refractivity contribution in [2.24, 2.45) is 5.73 Å². The van der Waals surface area contributed by atoms with Crippen molar-refractivity contribution in [3.63, 3.8) is 0 Å². The minimum Gasteiger partial charge on any atom is -0.497 e. The first-order valence-electron chi connectivity index (χ1n) is 8.95. The molecule has 28 heavy (non-hydrogen) atoms. The van der Waals surface area contributed by atoms with E-state index in [1.54, 1.807) is 43.4 Å². The molecular weight excluding hydrogens is 362 g/mol. The number of carbonyl (C=O) groups excluding carboxylic acids is 2. The molecule has 0 saturated carbocycles. The molecule has 1 aliphatic rings. The number of nitrogens with two attached hydrogens (primary N) is 1. The number of likely N-dealkylation sites (tertiary alicyclic amines) is 1. The third-order valence-electron chi connectivity index (χ3n) is 4.55. The van der Waals surface area contributed by atoms with Crippen LogP contribution in [0.1, 0.15) is 33.7 Å². The predicted octanol–water partition coefficient (Wildman–Crippen LogP) is 1.88. The van der Waals surface area contributed by atoms with E-state index < -0.39 is 5.91 Å². The van der Waals surface area contributed by atoms with Gasteiger partial charge in [0.2, 0.25) is 0 Å². The topological polar surface area (TPSA) is 104 Å². The number of pyridine rings is 1. The molecule has 1 aromatic heterocycles. The highest BCUT2D eigenvalue weighted by atomic mass is 16.5. The van der Waals surface area contributed by atoms with E-state index in [2.05, 4.69) is 4.98 Å².